The zero-order valence-corrected chi connectivity index (χ0v) is 9.74. The van der Waals surface area contributed by atoms with Gasteiger partial charge in [0.05, 0.1) is 5.92 Å². The lowest BCUT2D eigenvalue weighted by molar-refractivity contribution is -0.125. The molecule has 1 unspecified atom stereocenters. The van der Waals surface area contributed by atoms with Gasteiger partial charge < -0.3 is 10.6 Å². The normalized spacial score (nSPS) is 31.9. The molecule has 1 amide bonds. The van der Waals surface area contributed by atoms with E-state index in [9.17, 15) is 4.79 Å². The topological polar surface area (TPSA) is 41.1 Å². The Morgan fingerprint density at radius 2 is 2.00 bits per heavy atom. The predicted octanol–water partition coefficient (Wildman–Crippen LogP) is 1.08. The number of nitrogens with one attached hydrogen (secondary N) is 2. The molecule has 3 nitrogen and oxygen atoms in total. The van der Waals surface area contributed by atoms with Crippen molar-refractivity contribution in [3.8, 4) is 0 Å². The van der Waals surface area contributed by atoms with Gasteiger partial charge >= 0.3 is 0 Å². The molecule has 1 atom stereocenters. The van der Waals surface area contributed by atoms with E-state index in [2.05, 4.69) is 10.6 Å². The van der Waals surface area contributed by atoms with Crippen LogP contribution < -0.4 is 10.6 Å². The van der Waals surface area contributed by atoms with Gasteiger partial charge in [0, 0.05) is 12.1 Å². The van der Waals surface area contributed by atoms with Crippen molar-refractivity contribution in [1.82, 2.24) is 10.6 Å². The van der Waals surface area contributed by atoms with Gasteiger partial charge in [-0.25, -0.2) is 0 Å². The first-order valence-corrected chi connectivity index (χ1v) is 5.83. The van der Waals surface area contributed by atoms with E-state index in [1.54, 1.807) is 0 Å². The van der Waals surface area contributed by atoms with Gasteiger partial charge in [-0.15, -0.1) is 12.4 Å². The Bertz CT molecular complexity index is 255. The average Bonchev–Trinajstić information content (AvgIpc) is 3.07. The number of hydrogen-bond donors (Lipinski definition) is 2. The van der Waals surface area contributed by atoms with Crippen LogP contribution in [0.3, 0.4) is 0 Å². The van der Waals surface area contributed by atoms with Crippen molar-refractivity contribution in [3.63, 3.8) is 0 Å². The van der Waals surface area contributed by atoms with E-state index >= 15 is 0 Å². The first-order chi connectivity index (χ1) is 6.80. The quantitative estimate of drug-likeness (QED) is 0.762. The van der Waals surface area contributed by atoms with Gasteiger partial charge in [0.2, 0.25) is 5.91 Å². The molecular weight excluding hydrogens is 212 g/mol. The smallest absolute Gasteiger partial charge is 0.224 e. The van der Waals surface area contributed by atoms with Crippen molar-refractivity contribution in [2.24, 2.45) is 11.8 Å². The zero-order valence-electron chi connectivity index (χ0n) is 8.92. The minimum Gasteiger partial charge on any atom is -0.350 e. The van der Waals surface area contributed by atoms with Gasteiger partial charge in [0.15, 0.2) is 0 Å². The molecule has 0 aromatic heterocycles. The Morgan fingerprint density at radius 3 is 2.47 bits per heavy atom. The lowest BCUT2D eigenvalue weighted by atomic mass is 10.1. The second-order valence-electron chi connectivity index (χ2n) is 5.11. The molecule has 2 N–H and O–H groups in total. The molecule has 0 aromatic rings. The van der Waals surface area contributed by atoms with Gasteiger partial charge in [0.25, 0.3) is 0 Å². The molecule has 0 aromatic carbocycles. The number of rotatable bonds is 3. The summed E-state index contributed by atoms with van der Waals surface area (Å²) in [5.74, 6) is 1.37. The van der Waals surface area contributed by atoms with Gasteiger partial charge in [-0.1, -0.05) is 0 Å². The lowest BCUT2D eigenvalue weighted by Crippen LogP contribution is -2.42. The monoisotopic (exact) mass is 230 g/mol. The van der Waals surface area contributed by atoms with Gasteiger partial charge in [0.1, 0.15) is 0 Å². The fourth-order valence-corrected chi connectivity index (χ4v) is 2.63. The van der Waals surface area contributed by atoms with Crippen LogP contribution in [0.25, 0.3) is 0 Å². The van der Waals surface area contributed by atoms with E-state index in [1.165, 1.54) is 25.7 Å². The number of carbonyl (C=O) groups excluding carboxylic acids is 1. The van der Waals surface area contributed by atoms with Crippen molar-refractivity contribution < 1.29 is 4.79 Å². The van der Waals surface area contributed by atoms with E-state index in [0.717, 1.165) is 25.4 Å². The first-order valence-electron chi connectivity index (χ1n) is 5.83. The van der Waals surface area contributed by atoms with Crippen LogP contribution in [0.4, 0.5) is 0 Å². The molecule has 0 radical (unpaired) electrons. The summed E-state index contributed by atoms with van der Waals surface area (Å²) in [4.78, 5) is 11.9. The van der Waals surface area contributed by atoms with Crippen molar-refractivity contribution in [3.05, 3.63) is 0 Å². The minimum atomic E-state index is 0. The van der Waals surface area contributed by atoms with Crippen LogP contribution >= 0.6 is 12.4 Å². The maximum Gasteiger partial charge on any atom is 0.224 e. The van der Waals surface area contributed by atoms with Crippen LogP contribution in [0, 0.1) is 11.8 Å². The summed E-state index contributed by atoms with van der Waals surface area (Å²) in [5.41, 5.74) is 0.264. The van der Waals surface area contributed by atoms with Crippen LogP contribution in [0.2, 0.25) is 0 Å². The molecule has 1 heterocycles. The van der Waals surface area contributed by atoms with Crippen LogP contribution in [0.1, 0.15) is 32.1 Å². The van der Waals surface area contributed by atoms with Crippen LogP contribution in [0.15, 0.2) is 0 Å². The van der Waals surface area contributed by atoms with Crippen molar-refractivity contribution in [1.29, 1.82) is 0 Å². The van der Waals surface area contributed by atoms with Gasteiger partial charge in [-0.05, 0) is 44.6 Å². The Kier molecular flexibility index (Phi) is 2.95. The Balaban J connectivity index is 0.000000853. The molecular formula is C11H19ClN2O. The molecule has 3 fully saturated rings. The molecule has 2 saturated carbocycles. The Labute approximate surface area is 96.8 Å². The molecule has 86 valence electrons. The number of halogens is 1. The minimum absolute atomic E-state index is 0. The second kappa shape index (κ2) is 3.95. The summed E-state index contributed by atoms with van der Waals surface area (Å²) in [6.45, 7) is 1.89. The van der Waals surface area contributed by atoms with Crippen molar-refractivity contribution in [2.75, 3.05) is 13.1 Å². The van der Waals surface area contributed by atoms with Crippen molar-refractivity contribution in [2.45, 2.75) is 37.6 Å². The molecule has 1 saturated heterocycles. The van der Waals surface area contributed by atoms with E-state index in [0.29, 0.717) is 5.91 Å². The van der Waals surface area contributed by atoms with E-state index in [-0.39, 0.29) is 23.9 Å². The molecule has 1 aliphatic heterocycles. The SMILES string of the molecule is Cl.O=C(NC1(C2CC2)CC1)C1CCNC1. The third-order valence-electron chi connectivity index (χ3n) is 3.95. The largest absolute Gasteiger partial charge is 0.350 e. The fraction of sp³-hybridized carbons (Fsp3) is 0.909. The Hall–Kier alpha value is -0.280. The highest BCUT2D eigenvalue weighted by Gasteiger charge is 2.55. The third kappa shape index (κ3) is 2.13. The number of amides is 1. The lowest BCUT2D eigenvalue weighted by Gasteiger charge is -2.19. The molecule has 3 aliphatic rings. The standard InChI is InChI=1S/C11H18N2O.ClH/c14-10(8-3-6-12-7-8)13-11(4-5-11)9-1-2-9;/h8-9,12H,1-7H2,(H,13,14);1H. The summed E-state index contributed by atoms with van der Waals surface area (Å²) in [5, 5.41) is 6.54. The fourth-order valence-electron chi connectivity index (χ4n) is 2.63. The number of carbonyl (C=O) groups is 1. The zero-order chi connectivity index (χ0) is 9.60. The summed E-state index contributed by atoms with van der Waals surface area (Å²) in [7, 11) is 0. The highest BCUT2D eigenvalue weighted by atomic mass is 35.5. The molecule has 4 heteroatoms. The highest BCUT2D eigenvalue weighted by molar-refractivity contribution is 5.85. The van der Waals surface area contributed by atoms with E-state index in [4.69, 9.17) is 0 Å². The highest BCUT2D eigenvalue weighted by Crippen LogP contribution is 2.53. The predicted molar refractivity (Wildman–Crippen MR) is 61.1 cm³/mol. The molecule has 15 heavy (non-hydrogen) atoms. The maximum atomic E-state index is 11.9. The van der Waals surface area contributed by atoms with Gasteiger partial charge in [-0.3, -0.25) is 4.79 Å². The average molecular weight is 231 g/mol. The van der Waals surface area contributed by atoms with Crippen LogP contribution in [-0.2, 0) is 4.79 Å². The third-order valence-corrected chi connectivity index (χ3v) is 3.95. The van der Waals surface area contributed by atoms with Crippen LogP contribution in [-0.4, -0.2) is 24.5 Å². The first kappa shape index (κ1) is 11.2. The maximum absolute atomic E-state index is 11.9. The molecule has 0 bridgehead atoms. The molecule has 3 rings (SSSR count). The van der Waals surface area contributed by atoms with Crippen molar-refractivity contribution >= 4 is 18.3 Å². The van der Waals surface area contributed by atoms with E-state index < -0.39 is 0 Å². The summed E-state index contributed by atoms with van der Waals surface area (Å²) >= 11 is 0. The van der Waals surface area contributed by atoms with Crippen LogP contribution in [0.5, 0.6) is 0 Å². The second-order valence-corrected chi connectivity index (χ2v) is 5.11. The summed E-state index contributed by atoms with van der Waals surface area (Å²) in [6.07, 6.45) is 6.14. The molecule has 2 aliphatic carbocycles. The summed E-state index contributed by atoms with van der Waals surface area (Å²) in [6, 6.07) is 0. The molecule has 0 spiro atoms. The number of hydrogen-bond acceptors (Lipinski definition) is 2. The van der Waals surface area contributed by atoms with Gasteiger partial charge in [-0.2, -0.15) is 0 Å². The summed E-state index contributed by atoms with van der Waals surface area (Å²) < 4.78 is 0. The Morgan fingerprint density at radius 1 is 1.27 bits per heavy atom. The van der Waals surface area contributed by atoms with E-state index in [1.807, 2.05) is 0 Å².